The standard InChI is InChI=1S/C14H15N3O/c1-15-12-7-8-13(16-10-12)14(18)17-9-11-5-3-2-4-6-11/h2-8,10,15H,9H2,1H3,(H,17,18). The summed E-state index contributed by atoms with van der Waals surface area (Å²) in [5.41, 5.74) is 2.37. The van der Waals surface area contributed by atoms with Crippen LogP contribution in [-0.2, 0) is 6.54 Å². The van der Waals surface area contributed by atoms with E-state index in [1.807, 2.05) is 43.4 Å². The predicted octanol–water partition coefficient (Wildman–Crippen LogP) is 2.05. The van der Waals surface area contributed by atoms with Crippen LogP contribution in [0.25, 0.3) is 0 Å². The molecule has 4 nitrogen and oxygen atoms in total. The molecule has 92 valence electrons. The SMILES string of the molecule is CNc1ccc(C(=O)NCc2ccccc2)nc1. The zero-order valence-electron chi connectivity index (χ0n) is 10.2. The van der Waals surface area contributed by atoms with E-state index in [0.717, 1.165) is 11.3 Å². The van der Waals surface area contributed by atoms with Crippen LogP contribution in [0, 0.1) is 0 Å². The van der Waals surface area contributed by atoms with E-state index in [4.69, 9.17) is 0 Å². The molecule has 2 rings (SSSR count). The summed E-state index contributed by atoms with van der Waals surface area (Å²) in [6, 6.07) is 13.3. The Kier molecular flexibility index (Phi) is 3.91. The van der Waals surface area contributed by atoms with Gasteiger partial charge in [0.15, 0.2) is 0 Å². The molecule has 0 atom stereocenters. The fourth-order valence-electron chi connectivity index (χ4n) is 1.54. The van der Waals surface area contributed by atoms with Gasteiger partial charge in [-0.1, -0.05) is 30.3 Å². The number of carbonyl (C=O) groups excluding carboxylic acids is 1. The van der Waals surface area contributed by atoms with Gasteiger partial charge in [0.2, 0.25) is 0 Å². The van der Waals surface area contributed by atoms with Crippen molar-refractivity contribution < 1.29 is 4.79 Å². The van der Waals surface area contributed by atoms with E-state index in [9.17, 15) is 4.79 Å². The molecule has 0 aliphatic heterocycles. The molecule has 1 aromatic carbocycles. The van der Waals surface area contributed by atoms with E-state index in [-0.39, 0.29) is 5.91 Å². The highest BCUT2D eigenvalue weighted by atomic mass is 16.1. The van der Waals surface area contributed by atoms with E-state index in [1.165, 1.54) is 0 Å². The van der Waals surface area contributed by atoms with Gasteiger partial charge in [0, 0.05) is 13.6 Å². The van der Waals surface area contributed by atoms with Crippen molar-refractivity contribution in [2.24, 2.45) is 0 Å². The van der Waals surface area contributed by atoms with E-state index in [1.54, 1.807) is 12.3 Å². The number of amides is 1. The van der Waals surface area contributed by atoms with Crippen molar-refractivity contribution in [2.75, 3.05) is 12.4 Å². The van der Waals surface area contributed by atoms with Crippen LogP contribution in [0.4, 0.5) is 5.69 Å². The first-order chi connectivity index (χ1) is 8.79. The Bertz CT molecular complexity index is 508. The van der Waals surface area contributed by atoms with E-state index < -0.39 is 0 Å². The monoisotopic (exact) mass is 241 g/mol. The van der Waals surface area contributed by atoms with Crippen LogP contribution < -0.4 is 10.6 Å². The van der Waals surface area contributed by atoms with Crippen LogP contribution in [0.15, 0.2) is 48.7 Å². The van der Waals surface area contributed by atoms with Gasteiger partial charge in [0.25, 0.3) is 5.91 Å². The number of hydrogen-bond acceptors (Lipinski definition) is 3. The highest BCUT2D eigenvalue weighted by Crippen LogP contribution is 2.05. The van der Waals surface area contributed by atoms with Gasteiger partial charge < -0.3 is 10.6 Å². The largest absolute Gasteiger partial charge is 0.387 e. The summed E-state index contributed by atoms with van der Waals surface area (Å²) < 4.78 is 0. The van der Waals surface area contributed by atoms with Gasteiger partial charge in [-0.15, -0.1) is 0 Å². The summed E-state index contributed by atoms with van der Waals surface area (Å²) in [5, 5.41) is 5.79. The van der Waals surface area contributed by atoms with E-state index in [0.29, 0.717) is 12.2 Å². The molecule has 0 aliphatic rings. The van der Waals surface area contributed by atoms with Crippen molar-refractivity contribution in [3.05, 3.63) is 59.9 Å². The number of rotatable bonds is 4. The second-order valence-corrected chi connectivity index (χ2v) is 3.85. The second kappa shape index (κ2) is 5.82. The zero-order chi connectivity index (χ0) is 12.8. The molecule has 0 fully saturated rings. The molecule has 0 unspecified atom stereocenters. The molecule has 0 aliphatic carbocycles. The lowest BCUT2D eigenvalue weighted by atomic mass is 10.2. The summed E-state index contributed by atoms with van der Waals surface area (Å²) in [5.74, 6) is -0.165. The molecule has 2 aromatic rings. The van der Waals surface area contributed by atoms with Crippen LogP contribution in [0.3, 0.4) is 0 Å². The molecule has 18 heavy (non-hydrogen) atoms. The molecule has 1 heterocycles. The summed E-state index contributed by atoms with van der Waals surface area (Å²) >= 11 is 0. The van der Waals surface area contributed by atoms with Crippen LogP contribution in [-0.4, -0.2) is 17.9 Å². The third kappa shape index (κ3) is 3.07. The fraction of sp³-hybridized carbons (Fsp3) is 0.143. The van der Waals surface area contributed by atoms with Gasteiger partial charge in [-0.2, -0.15) is 0 Å². The van der Waals surface area contributed by atoms with Gasteiger partial charge in [-0.3, -0.25) is 4.79 Å². The zero-order valence-corrected chi connectivity index (χ0v) is 10.2. The first-order valence-corrected chi connectivity index (χ1v) is 5.75. The number of anilines is 1. The number of nitrogens with one attached hydrogen (secondary N) is 2. The number of nitrogens with zero attached hydrogens (tertiary/aromatic N) is 1. The molecule has 0 saturated heterocycles. The molecular weight excluding hydrogens is 226 g/mol. The van der Waals surface area contributed by atoms with Crippen LogP contribution in [0.2, 0.25) is 0 Å². The molecule has 2 N–H and O–H groups in total. The van der Waals surface area contributed by atoms with Gasteiger partial charge in [-0.25, -0.2) is 4.98 Å². The minimum Gasteiger partial charge on any atom is -0.387 e. The molecule has 0 bridgehead atoms. The highest BCUT2D eigenvalue weighted by molar-refractivity contribution is 5.92. The van der Waals surface area contributed by atoms with Crippen LogP contribution in [0.1, 0.15) is 16.1 Å². The number of aromatic nitrogens is 1. The minimum absolute atomic E-state index is 0.165. The average Bonchev–Trinajstić information content (AvgIpc) is 2.46. The summed E-state index contributed by atoms with van der Waals surface area (Å²) in [6.45, 7) is 0.509. The maximum absolute atomic E-state index is 11.8. The number of benzene rings is 1. The van der Waals surface area contributed by atoms with Crippen molar-refractivity contribution in [2.45, 2.75) is 6.54 Å². The Morgan fingerprint density at radius 1 is 1.17 bits per heavy atom. The summed E-state index contributed by atoms with van der Waals surface area (Å²) in [4.78, 5) is 15.9. The maximum atomic E-state index is 11.8. The Balaban J connectivity index is 1.95. The van der Waals surface area contributed by atoms with Gasteiger partial charge >= 0.3 is 0 Å². The van der Waals surface area contributed by atoms with Crippen molar-refractivity contribution in [1.82, 2.24) is 10.3 Å². The van der Waals surface area contributed by atoms with Gasteiger partial charge in [0.05, 0.1) is 11.9 Å². The topological polar surface area (TPSA) is 54.0 Å². The second-order valence-electron chi connectivity index (χ2n) is 3.85. The maximum Gasteiger partial charge on any atom is 0.270 e. The number of pyridine rings is 1. The summed E-state index contributed by atoms with van der Waals surface area (Å²) in [7, 11) is 1.81. The van der Waals surface area contributed by atoms with Crippen molar-refractivity contribution >= 4 is 11.6 Å². The first-order valence-electron chi connectivity index (χ1n) is 5.75. The molecular formula is C14H15N3O. The van der Waals surface area contributed by atoms with Gasteiger partial charge in [0.1, 0.15) is 5.69 Å². The van der Waals surface area contributed by atoms with Crippen LogP contribution >= 0.6 is 0 Å². The number of carbonyl (C=O) groups is 1. The lowest BCUT2D eigenvalue weighted by molar-refractivity contribution is 0.0946. The number of hydrogen-bond donors (Lipinski definition) is 2. The molecule has 1 aromatic heterocycles. The van der Waals surface area contributed by atoms with E-state index in [2.05, 4.69) is 15.6 Å². The van der Waals surface area contributed by atoms with Crippen molar-refractivity contribution in [3.63, 3.8) is 0 Å². The lowest BCUT2D eigenvalue weighted by Crippen LogP contribution is -2.23. The Morgan fingerprint density at radius 2 is 1.94 bits per heavy atom. The Hall–Kier alpha value is -2.36. The fourth-order valence-corrected chi connectivity index (χ4v) is 1.54. The lowest BCUT2D eigenvalue weighted by Gasteiger charge is -2.05. The molecule has 4 heteroatoms. The van der Waals surface area contributed by atoms with Gasteiger partial charge in [-0.05, 0) is 17.7 Å². The van der Waals surface area contributed by atoms with Crippen molar-refractivity contribution in [3.8, 4) is 0 Å². The quantitative estimate of drug-likeness (QED) is 0.861. The highest BCUT2D eigenvalue weighted by Gasteiger charge is 2.06. The third-order valence-corrected chi connectivity index (χ3v) is 2.58. The Labute approximate surface area is 106 Å². The molecule has 1 amide bonds. The van der Waals surface area contributed by atoms with Crippen molar-refractivity contribution in [1.29, 1.82) is 0 Å². The minimum atomic E-state index is -0.165. The van der Waals surface area contributed by atoms with E-state index >= 15 is 0 Å². The molecule has 0 saturated carbocycles. The Morgan fingerprint density at radius 3 is 2.56 bits per heavy atom. The van der Waals surface area contributed by atoms with Crippen LogP contribution in [0.5, 0.6) is 0 Å². The normalized spacial score (nSPS) is 9.83. The summed E-state index contributed by atoms with van der Waals surface area (Å²) in [6.07, 6.45) is 1.64. The molecule has 0 radical (unpaired) electrons. The average molecular weight is 241 g/mol. The first kappa shape index (κ1) is 12.1. The molecule has 0 spiro atoms. The third-order valence-electron chi connectivity index (χ3n) is 2.58. The predicted molar refractivity (Wildman–Crippen MR) is 71.4 cm³/mol. The smallest absolute Gasteiger partial charge is 0.270 e.